The van der Waals surface area contributed by atoms with Crippen LogP contribution in [0.4, 0.5) is 10.7 Å². The van der Waals surface area contributed by atoms with Gasteiger partial charge in [-0.1, -0.05) is 60.7 Å². The summed E-state index contributed by atoms with van der Waals surface area (Å²) in [6.45, 7) is 0.445. The van der Waals surface area contributed by atoms with Gasteiger partial charge in [0.15, 0.2) is 0 Å². The molecule has 0 bridgehead atoms. The fourth-order valence-electron chi connectivity index (χ4n) is 4.53. The Labute approximate surface area is 208 Å². The molecule has 1 aliphatic heterocycles. The van der Waals surface area contributed by atoms with Crippen LogP contribution < -0.4 is 16.0 Å². The number of phenolic OH excluding ortho intramolecular Hbond substituents is 1. The summed E-state index contributed by atoms with van der Waals surface area (Å²) >= 11 is 0. The van der Waals surface area contributed by atoms with Crippen LogP contribution in [0.1, 0.15) is 28.4 Å². The molecule has 1 unspecified atom stereocenters. The van der Waals surface area contributed by atoms with Crippen molar-refractivity contribution in [1.82, 2.24) is 14.5 Å². The quantitative estimate of drug-likeness (QED) is 0.446. The first-order chi connectivity index (χ1) is 17.5. The van der Waals surface area contributed by atoms with E-state index in [2.05, 4.69) is 4.98 Å². The molecule has 2 heterocycles. The second kappa shape index (κ2) is 9.95. The van der Waals surface area contributed by atoms with Gasteiger partial charge >= 0.3 is 6.09 Å². The highest BCUT2D eigenvalue weighted by Crippen LogP contribution is 2.26. The Bertz CT molecular complexity index is 1420. The molecule has 8 heteroatoms. The molecule has 1 atom stereocenters. The number of fused-ring (bicyclic) bond motifs is 1. The van der Waals surface area contributed by atoms with Crippen LogP contribution in [0.5, 0.6) is 11.5 Å². The number of nitrogens with zero attached hydrogens (tertiary/aromatic N) is 3. The highest BCUT2D eigenvalue weighted by atomic mass is 16.6. The van der Waals surface area contributed by atoms with Crippen LogP contribution in [0, 0.1) is 0 Å². The molecule has 36 heavy (non-hydrogen) atoms. The average molecular weight is 483 g/mol. The van der Waals surface area contributed by atoms with E-state index < -0.39 is 6.09 Å². The number of hydrogen-bond acceptors (Lipinski definition) is 6. The zero-order valence-electron chi connectivity index (χ0n) is 19.6. The van der Waals surface area contributed by atoms with Gasteiger partial charge in [-0.3, -0.25) is 9.36 Å². The molecule has 1 amide bonds. The van der Waals surface area contributed by atoms with Crippen LogP contribution >= 0.6 is 0 Å². The van der Waals surface area contributed by atoms with Crippen molar-refractivity contribution >= 4 is 12.0 Å². The number of amides is 1. The van der Waals surface area contributed by atoms with Crippen molar-refractivity contribution in [3.8, 4) is 11.5 Å². The molecule has 5 rings (SSSR count). The van der Waals surface area contributed by atoms with E-state index in [1.54, 1.807) is 4.57 Å². The van der Waals surface area contributed by atoms with Crippen molar-refractivity contribution in [3.05, 3.63) is 118 Å². The number of nitrogens with two attached hydrogens (primary N) is 1. The van der Waals surface area contributed by atoms with Gasteiger partial charge in [-0.15, -0.1) is 0 Å². The lowest BCUT2D eigenvalue weighted by molar-refractivity contribution is 0.145. The summed E-state index contributed by atoms with van der Waals surface area (Å²) in [4.78, 5) is 32.5. The maximum atomic E-state index is 13.7. The molecule has 8 nitrogen and oxygen atoms in total. The van der Waals surface area contributed by atoms with Crippen molar-refractivity contribution in [2.24, 2.45) is 0 Å². The summed E-state index contributed by atoms with van der Waals surface area (Å²) in [6, 6.07) is 25.3. The third-order valence-electron chi connectivity index (χ3n) is 6.36. The maximum Gasteiger partial charge on any atom is 0.415 e. The van der Waals surface area contributed by atoms with Crippen molar-refractivity contribution < 1.29 is 14.6 Å². The Kier molecular flexibility index (Phi) is 6.40. The molecule has 0 saturated carbocycles. The van der Waals surface area contributed by atoms with E-state index in [9.17, 15) is 14.7 Å². The van der Waals surface area contributed by atoms with Crippen molar-refractivity contribution in [3.63, 3.8) is 0 Å². The molecule has 182 valence electrons. The van der Waals surface area contributed by atoms with E-state index in [-0.39, 0.29) is 29.8 Å². The predicted molar refractivity (Wildman–Crippen MR) is 136 cm³/mol. The number of phenols is 1. The molecule has 1 aliphatic rings. The summed E-state index contributed by atoms with van der Waals surface area (Å²) in [5.41, 5.74) is 9.29. The third-order valence-corrected chi connectivity index (χ3v) is 6.36. The lowest BCUT2D eigenvalue weighted by Crippen LogP contribution is -2.43. The number of aromatic hydroxyl groups is 1. The van der Waals surface area contributed by atoms with E-state index in [0.29, 0.717) is 36.4 Å². The van der Waals surface area contributed by atoms with E-state index >= 15 is 0 Å². The monoisotopic (exact) mass is 482 g/mol. The van der Waals surface area contributed by atoms with Gasteiger partial charge < -0.3 is 20.5 Å². The molecular weight excluding hydrogens is 456 g/mol. The third kappa shape index (κ3) is 4.79. The first kappa shape index (κ1) is 23.2. The van der Waals surface area contributed by atoms with Crippen molar-refractivity contribution in [2.45, 2.75) is 25.4 Å². The van der Waals surface area contributed by atoms with Gasteiger partial charge in [0.25, 0.3) is 5.56 Å². The molecular formula is C28H26N4O4. The van der Waals surface area contributed by atoms with Gasteiger partial charge in [-0.2, -0.15) is 0 Å². The Morgan fingerprint density at radius 3 is 2.36 bits per heavy atom. The fraction of sp³-hybridized carbons (Fsp3) is 0.179. The van der Waals surface area contributed by atoms with Crippen molar-refractivity contribution in [1.29, 1.82) is 0 Å². The Morgan fingerprint density at radius 2 is 1.67 bits per heavy atom. The molecule has 0 radical (unpaired) electrons. The van der Waals surface area contributed by atoms with Crippen LogP contribution in [0.25, 0.3) is 0 Å². The molecule has 0 aliphatic carbocycles. The number of anilines is 1. The molecule has 4 aromatic rings. The number of carbonyl (C=O) groups excluding carboxylic acids is 1. The average Bonchev–Trinajstić information content (AvgIpc) is 2.90. The molecule has 0 fully saturated rings. The number of benzene rings is 3. The van der Waals surface area contributed by atoms with Gasteiger partial charge in [-0.25, -0.2) is 9.78 Å². The summed E-state index contributed by atoms with van der Waals surface area (Å²) < 4.78 is 6.98. The van der Waals surface area contributed by atoms with Gasteiger partial charge in [-0.05, 0) is 48.2 Å². The number of carbonyl (C=O) groups is 1. The normalized spacial score (nSPS) is 13.6. The number of rotatable bonds is 5. The van der Waals surface area contributed by atoms with Gasteiger partial charge in [0.2, 0.25) is 5.95 Å². The molecule has 3 aromatic carbocycles. The van der Waals surface area contributed by atoms with E-state index in [0.717, 1.165) is 11.1 Å². The van der Waals surface area contributed by atoms with E-state index in [1.807, 2.05) is 60.7 Å². The maximum absolute atomic E-state index is 13.7. The van der Waals surface area contributed by atoms with Crippen LogP contribution in [0.3, 0.4) is 0 Å². The highest BCUT2D eigenvalue weighted by molar-refractivity contribution is 5.71. The minimum Gasteiger partial charge on any atom is -0.508 e. The Morgan fingerprint density at radius 1 is 1.00 bits per heavy atom. The molecule has 3 N–H and O–H groups in total. The minimum absolute atomic E-state index is 0.0822. The fourth-order valence-corrected chi connectivity index (χ4v) is 4.53. The predicted octanol–water partition coefficient (Wildman–Crippen LogP) is 3.92. The van der Waals surface area contributed by atoms with Crippen LogP contribution in [0.15, 0.2) is 89.7 Å². The van der Waals surface area contributed by atoms with Crippen LogP contribution in [0.2, 0.25) is 0 Å². The minimum atomic E-state index is -0.554. The highest BCUT2D eigenvalue weighted by Gasteiger charge is 2.29. The summed E-state index contributed by atoms with van der Waals surface area (Å²) in [5, 5.41) is 9.41. The smallest absolute Gasteiger partial charge is 0.415 e. The first-order valence-electron chi connectivity index (χ1n) is 11.7. The summed E-state index contributed by atoms with van der Waals surface area (Å²) in [6.07, 6.45) is 0.376. The standard InChI is InChI=1S/C28H26N4O4/c29-27-30-24-18-31(28(35)36-22-13-11-21(33)12-14-22)16-15-23(24)26(34)32(27)25(20-9-5-2-6-10-20)17-19-7-3-1-4-8-19/h1-14,25,33H,15-18H2,(H2,29,30). The molecule has 0 spiro atoms. The first-order valence-corrected chi connectivity index (χ1v) is 11.7. The zero-order chi connectivity index (χ0) is 25.1. The van der Waals surface area contributed by atoms with Gasteiger partial charge in [0, 0.05) is 12.1 Å². The lowest BCUT2D eigenvalue weighted by Gasteiger charge is -2.29. The van der Waals surface area contributed by atoms with Gasteiger partial charge in [0.1, 0.15) is 11.5 Å². The Balaban J connectivity index is 1.44. The topological polar surface area (TPSA) is 111 Å². The summed E-state index contributed by atoms with van der Waals surface area (Å²) in [5.74, 6) is 0.508. The number of ether oxygens (including phenoxy) is 1. The number of aromatic nitrogens is 2. The molecule has 1 aromatic heterocycles. The summed E-state index contributed by atoms with van der Waals surface area (Å²) in [7, 11) is 0. The second-order valence-corrected chi connectivity index (χ2v) is 8.72. The van der Waals surface area contributed by atoms with E-state index in [4.69, 9.17) is 10.5 Å². The zero-order valence-corrected chi connectivity index (χ0v) is 19.6. The van der Waals surface area contributed by atoms with Gasteiger partial charge in [0.05, 0.1) is 18.3 Å². The Hall–Kier alpha value is -4.59. The second-order valence-electron chi connectivity index (χ2n) is 8.72. The van der Waals surface area contributed by atoms with Crippen LogP contribution in [-0.4, -0.2) is 32.2 Å². The van der Waals surface area contributed by atoms with Crippen LogP contribution in [-0.2, 0) is 19.4 Å². The largest absolute Gasteiger partial charge is 0.508 e. The lowest BCUT2D eigenvalue weighted by atomic mass is 9.98. The van der Waals surface area contributed by atoms with Crippen molar-refractivity contribution in [2.75, 3.05) is 12.3 Å². The van der Waals surface area contributed by atoms with E-state index in [1.165, 1.54) is 29.2 Å². The SMILES string of the molecule is Nc1nc2c(c(=O)n1C(Cc1ccccc1)c1ccccc1)CCN(C(=O)Oc1ccc(O)cc1)C2. The molecule has 0 saturated heterocycles. The number of hydrogen-bond donors (Lipinski definition) is 2. The number of nitrogen functional groups attached to an aromatic ring is 1.